The number of aromatic nitrogens is 5. The number of nitrogens with one attached hydrogen (secondary N) is 1. The lowest BCUT2D eigenvalue weighted by Gasteiger charge is -2.11. The van der Waals surface area contributed by atoms with Gasteiger partial charge in [-0.15, -0.1) is 11.3 Å². The number of aliphatic hydroxyl groups is 1. The lowest BCUT2D eigenvalue weighted by molar-refractivity contribution is 0.0747. The van der Waals surface area contributed by atoms with Gasteiger partial charge >= 0.3 is 0 Å². The predicted octanol–water partition coefficient (Wildman–Crippen LogP) is 5.38. The summed E-state index contributed by atoms with van der Waals surface area (Å²) in [7, 11) is 0. The number of thiophene rings is 1. The molecule has 0 aliphatic carbocycles. The highest BCUT2D eigenvalue weighted by Gasteiger charge is 2.23. The molecule has 236 valence electrons. The van der Waals surface area contributed by atoms with Crippen molar-refractivity contribution in [2.75, 3.05) is 5.32 Å². The minimum absolute atomic E-state index is 0.152. The maximum Gasteiger partial charge on any atom is 0.293 e. The number of hydrogen-bond donors (Lipinski definition) is 3. The van der Waals surface area contributed by atoms with E-state index in [2.05, 4.69) is 20.4 Å². The maximum absolute atomic E-state index is 13.8. The number of nitrogens with zero attached hydrogens (tertiary/aromatic N) is 5. The summed E-state index contributed by atoms with van der Waals surface area (Å²) in [4.78, 5) is 48.6. The van der Waals surface area contributed by atoms with Crippen molar-refractivity contribution >= 4 is 40.4 Å². The Hall–Kier alpha value is -5.43. The molecule has 0 saturated carbocycles. The molecule has 0 bridgehead atoms. The van der Waals surface area contributed by atoms with Gasteiger partial charge in [0.2, 0.25) is 0 Å². The zero-order chi connectivity index (χ0) is 32.9. The van der Waals surface area contributed by atoms with E-state index in [1.54, 1.807) is 67.1 Å². The molecular weight excluding hydrogens is 640 g/mol. The largest absolute Gasteiger partial charge is 0.503 e. The molecule has 0 fully saturated rings. The van der Waals surface area contributed by atoms with E-state index in [0.29, 0.717) is 35.2 Å². The Kier molecular flexibility index (Phi) is 9.34. The molecule has 6 rings (SSSR count). The predicted molar refractivity (Wildman–Crippen MR) is 178 cm³/mol. The highest BCUT2D eigenvalue weighted by Crippen LogP contribution is 2.29. The molecule has 0 aliphatic rings. The Labute approximate surface area is 277 Å². The lowest BCUT2D eigenvalue weighted by atomic mass is 9.99. The number of Topliss-reactive ketones (excluding diaryl/α,β-unsaturated/α-hetero) is 1. The molecule has 1 unspecified atom stereocenters. The fourth-order valence-electron chi connectivity index (χ4n) is 4.92. The second kappa shape index (κ2) is 13.9. The molecule has 47 heavy (non-hydrogen) atoms. The third-order valence-corrected chi connectivity index (χ3v) is 8.66. The molecule has 2 aromatic carbocycles. The van der Waals surface area contributed by atoms with Crippen LogP contribution in [0.15, 0.2) is 109 Å². The van der Waals surface area contributed by atoms with Crippen molar-refractivity contribution in [3.05, 3.63) is 146 Å². The summed E-state index contributed by atoms with van der Waals surface area (Å²) in [6.07, 6.45) is 5.44. The van der Waals surface area contributed by atoms with Gasteiger partial charge in [-0.05, 0) is 47.9 Å². The SMILES string of the molecule is O=C(c1ccc(C(=O)n2nc(-c3ccn(CCc4cncnc4)c(=O)c3O)cc2NCc2ccc(Cl)s2)cc1)C(O)c1ccccc1. The van der Waals surface area contributed by atoms with Crippen molar-refractivity contribution in [2.45, 2.75) is 25.6 Å². The zero-order valence-corrected chi connectivity index (χ0v) is 26.2. The summed E-state index contributed by atoms with van der Waals surface area (Å²) in [5.74, 6) is -1.23. The Bertz CT molecular complexity index is 2100. The molecule has 6 aromatic rings. The van der Waals surface area contributed by atoms with Crippen molar-refractivity contribution in [2.24, 2.45) is 0 Å². The van der Waals surface area contributed by atoms with Crippen molar-refractivity contribution in [3.8, 4) is 17.0 Å². The van der Waals surface area contributed by atoms with Crippen LogP contribution in [-0.2, 0) is 19.5 Å². The lowest BCUT2D eigenvalue weighted by Crippen LogP contribution is -2.20. The molecular formula is C34H27ClN6O5S. The Morgan fingerprint density at radius 3 is 2.38 bits per heavy atom. The normalized spacial score (nSPS) is 11.7. The van der Waals surface area contributed by atoms with Gasteiger partial charge in [0, 0.05) is 47.2 Å². The maximum atomic E-state index is 13.8. The van der Waals surface area contributed by atoms with Gasteiger partial charge in [0.05, 0.1) is 22.1 Å². The van der Waals surface area contributed by atoms with Gasteiger partial charge < -0.3 is 20.1 Å². The minimum Gasteiger partial charge on any atom is -0.503 e. The van der Waals surface area contributed by atoms with Crippen molar-refractivity contribution in [3.63, 3.8) is 0 Å². The second-order valence-electron chi connectivity index (χ2n) is 10.5. The van der Waals surface area contributed by atoms with Crippen molar-refractivity contribution in [1.29, 1.82) is 0 Å². The van der Waals surface area contributed by atoms with Crippen LogP contribution >= 0.6 is 22.9 Å². The number of aryl methyl sites for hydroxylation is 2. The zero-order valence-electron chi connectivity index (χ0n) is 24.7. The minimum atomic E-state index is -1.34. The van der Waals surface area contributed by atoms with Crippen LogP contribution in [0.5, 0.6) is 5.75 Å². The van der Waals surface area contributed by atoms with E-state index in [4.69, 9.17) is 11.6 Å². The average Bonchev–Trinajstić information content (AvgIpc) is 3.73. The molecule has 11 nitrogen and oxygen atoms in total. The van der Waals surface area contributed by atoms with Crippen LogP contribution in [0.2, 0.25) is 4.34 Å². The van der Waals surface area contributed by atoms with Crippen LogP contribution in [0.3, 0.4) is 0 Å². The van der Waals surface area contributed by atoms with E-state index in [9.17, 15) is 24.6 Å². The van der Waals surface area contributed by atoms with E-state index in [1.165, 1.54) is 46.5 Å². The number of hydrogen-bond acceptors (Lipinski definition) is 10. The summed E-state index contributed by atoms with van der Waals surface area (Å²) in [6.45, 7) is 0.626. The first-order valence-electron chi connectivity index (χ1n) is 14.5. The van der Waals surface area contributed by atoms with Gasteiger partial charge in [-0.3, -0.25) is 14.4 Å². The number of rotatable bonds is 11. The average molecular weight is 667 g/mol. The van der Waals surface area contributed by atoms with Crippen LogP contribution in [0.1, 0.15) is 42.8 Å². The van der Waals surface area contributed by atoms with Gasteiger partial charge in [-0.1, -0.05) is 54.1 Å². The summed E-state index contributed by atoms with van der Waals surface area (Å²) in [5.41, 5.74) is 1.49. The third-order valence-electron chi connectivity index (χ3n) is 7.43. The van der Waals surface area contributed by atoms with Crippen molar-refractivity contribution in [1.82, 2.24) is 24.3 Å². The number of benzene rings is 2. The molecule has 3 N–H and O–H groups in total. The standard InChI is InChI=1S/C34H27ClN6O5S/c35-28-11-10-25(47-28)19-38-29-16-27(26-13-15-40(34(46)32(26)44)14-12-21-17-36-20-37-18-21)39-41(29)33(45)24-8-6-23(7-9-24)31(43)30(42)22-4-2-1-3-5-22/h1-11,13,15-18,20,30,38,42,44H,12,14,19H2. The Morgan fingerprint density at radius 1 is 0.957 bits per heavy atom. The van der Waals surface area contributed by atoms with Crippen LogP contribution in [-0.4, -0.2) is 46.2 Å². The molecule has 4 heterocycles. The van der Waals surface area contributed by atoms with E-state index in [-0.39, 0.29) is 22.4 Å². The number of aromatic hydroxyl groups is 1. The van der Waals surface area contributed by atoms with E-state index >= 15 is 0 Å². The van der Waals surface area contributed by atoms with E-state index < -0.39 is 29.1 Å². The van der Waals surface area contributed by atoms with Gasteiger partial charge in [0.15, 0.2) is 11.5 Å². The smallest absolute Gasteiger partial charge is 0.293 e. The molecule has 13 heteroatoms. The van der Waals surface area contributed by atoms with E-state index in [1.807, 2.05) is 6.07 Å². The molecule has 1 atom stereocenters. The summed E-state index contributed by atoms with van der Waals surface area (Å²) in [6, 6.07) is 21.2. The van der Waals surface area contributed by atoms with E-state index in [0.717, 1.165) is 15.1 Å². The van der Waals surface area contributed by atoms with Crippen molar-refractivity contribution < 1.29 is 19.8 Å². The molecule has 0 spiro atoms. The van der Waals surface area contributed by atoms with Crippen LogP contribution in [0.4, 0.5) is 5.82 Å². The fraction of sp³-hybridized carbons (Fsp3) is 0.118. The highest BCUT2D eigenvalue weighted by atomic mass is 35.5. The van der Waals surface area contributed by atoms with Gasteiger partial charge in [-0.25, -0.2) is 9.97 Å². The first-order valence-corrected chi connectivity index (χ1v) is 15.6. The molecule has 4 aromatic heterocycles. The molecule has 0 amide bonds. The molecule has 0 saturated heterocycles. The topological polar surface area (TPSA) is 152 Å². The summed E-state index contributed by atoms with van der Waals surface area (Å²) in [5, 5.41) is 29.1. The monoisotopic (exact) mass is 666 g/mol. The van der Waals surface area contributed by atoms with Gasteiger partial charge in [0.1, 0.15) is 18.2 Å². The van der Waals surface area contributed by atoms with Gasteiger partial charge in [-0.2, -0.15) is 9.78 Å². The Morgan fingerprint density at radius 2 is 1.68 bits per heavy atom. The quantitative estimate of drug-likeness (QED) is 0.155. The number of anilines is 1. The highest BCUT2D eigenvalue weighted by molar-refractivity contribution is 7.16. The molecule has 0 radical (unpaired) electrons. The number of carbonyl (C=O) groups is 2. The first-order chi connectivity index (χ1) is 22.8. The summed E-state index contributed by atoms with van der Waals surface area (Å²) < 4.78 is 3.13. The second-order valence-corrected chi connectivity index (χ2v) is 12.3. The van der Waals surface area contributed by atoms with Gasteiger partial charge in [0.25, 0.3) is 11.5 Å². The number of pyridine rings is 1. The fourth-order valence-corrected chi connectivity index (χ4v) is 5.94. The van der Waals surface area contributed by atoms with Crippen LogP contribution in [0, 0.1) is 0 Å². The Balaban J connectivity index is 1.28. The molecule has 0 aliphatic heterocycles. The number of carbonyl (C=O) groups excluding carboxylic acids is 2. The number of halogens is 1. The number of ketones is 1. The first kappa shape index (κ1) is 31.5. The third kappa shape index (κ3) is 7.04. The van der Waals surface area contributed by atoms with Crippen LogP contribution in [0.25, 0.3) is 11.3 Å². The summed E-state index contributed by atoms with van der Waals surface area (Å²) >= 11 is 7.47. The van der Waals surface area contributed by atoms with Crippen LogP contribution < -0.4 is 10.9 Å². The number of aliphatic hydroxyl groups excluding tert-OH is 1.